The highest BCUT2D eigenvalue weighted by Crippen LogP contribution is 2.26. The number of hydrogen-bond acceptors (Lipinski definition) is 3. The smallest absolute Gasteiger partial charge is 0.222 e. The van der Waals surface area contributed by atoms with Gasteiger partial charge >= 0.3 is 0 Å². The van der Waals surface area contributed by atoms with E-state index in [1.54, 1.807) is 4.90 Å². The van der Waals surface area contributed by atoms with Gasteiger partial charge in [-0.2, -0.15) is 0 Å². The van der Waals surface area contributed by atoms with Crippen LogP contribution in [0.5, 0.6) is 0 Å². The molecule has 26 heavy (non-hydrogen) atoms. The Kier molecular flexibility index (Phi) is 5.96. The van der Waals surface area contributed by atoms with Crippen LogP contribution in [-0.2, 0) is 4.79 Å². The Labute approximate surface area is 150 Å². The summed E-state index contributed by atoms with van der Waals surface area (Å²) in [6.45, 7) is 2.77. The summed E-state index contributed by atoms with van der Waals surface area (Å²) in [5.74, 6) is -3.97. The molecule has 1 N–H and O–H groups in total. The lowest BCUT2D eigenvalue weighted by molar-refractivity contribution is -0.132. The van der Waals surface area contributed by atoms with E-state index in [2.05, 4.69) is 5.32 Å². The second kappa shape index (κ2) is 8.20. The second-order valence-corrected chi connectivity index (χ2v) is 7.16. The van der Waals surface area contributed by atoms with Gasteiger partial charge in [0.2, 0.25) is 5.91 Å². The van der Waals surface area contributed by atoms with Gasteiger partial charge in [0.15, 0.2) is 5.78 Å². The maximum absolute atomic E-state index is 13.8. The number of amides is 1. The molecule has 0 bridgehead atoms. The molecule has 2 heterocycles. The molecule has 7 heteroatoms. The first kappa shape index (κ1) is 18.9. The minimum Gasteiger partial charge on any atom is -0.343 e. The first-order chi connectivity index (χ1) is 12.5. The van der Waals surface area contributed by atoms with Gasteiger partial charge in [0.25, 0.3) is 0 Å². The Morgan fingerprint density at radius 2 is 1.73 bits per heavy atom. The van der Waals surface area contributed by atoms with Gasteiger partial charge in [-0.1, -0.05) is 0 Å². The van der Waals surface area contributed by atoms with Crippen LogP contribution in [0.1, 0.15) is 42.5 Å². The van der Waals surface area contributed by atoms with Crippen molar-refractivity contribution < 1.29 is 22.8 Å². The van der Waals surface area contributed by atoms with Gasteiger partial charge in [0.1, 0.15) is 17.5 Å². The minimum absolute atomic E-state index is 0.0712. The summed E-state index contributed by atoms with van der Waals surface area (Å²) in [7, 11) is 0. The van der Waals surface area contributed by atoms with Crippen molar-refractivity contribution in [3.05, 3.63) is 35.1 Å². The number of Topliss-reactive ketones (excluding diaryl/α,β-unsaturated/α-hetero) is 1. The van der Waals surface area contributed by atoms with E-state index < -0.39 is 34.7 Å². The van der Waals surface area contributed by atoms with E-state index in [0.29, 0.717) is 50.4 Å². The molecule has 2 fully saturated rings. The Morgan fingerprint density at radius 3 is 2.31 bits per heavy atom. The maximum atomic E-state index is 13.8. The SMILES string of the molecule is O=C(c1c(F)cc(F)cc1F)C1CCN(C(=O)CCC2CCNC2)CC1. The molecule has 0 radical (unpaired) electrons. The van der Waals surface area contributed by atoms with E-state index in [1.165, 1.54) is 0 Å². The molecule has 2 aliphatic rings. The lowest BCUT2D eigenvalue weighted by atomic mass is 9.88. The molecule has 1 unspecified atom stereocenters. The fourth-order valence-electron chi connectivity index (χ4n) is 3.82. The third-order valence-electron chi connectivity index (χ3n) is 5.40. The third kappa shape index (κ3) is 4.26. The fraction of sp³-hybridized carbons (Fsp3) is 0.579. The van der Waals surface area contributed by atoms with E-state index in [4.69, 9.17) is 0 Å². The van der Waals surface area contributed by atoms with Gasteiger partial charge < -0.3 is 10.2 Å². The van der Waals surface area contributed by atoms with Crippen LogP contribution in [0.15, 0.2) is 12.1 Å². The normalized spacial score (nSPS) is 21.2. The van der Waals surface area contributed by atoms with Gasteiger partial charge in [0, 0.05) is 37.6 Å². The van der Waals surface area contributed by atoms with E-state index in [9.17, 15) is 22.8 Å². The number of benzene rings is 1. The molecular formula is C19H23F3N2O2. The molecule has 2 saturated heterocycles. The third-order valence-corrected chi connectivity index (χ3v) is 5.40. The second-order valence-electron chi connectivity index (χ2n) is 7.16. The van der Waals surface area contributed by atoms with Crippen molar-refractivity contribution in [3.63, 3.8) is 0 Å². The number of hydrogen-bond donors (Lipinski definition) is 1. The Morgan fingerprint density at radius 1 is 1.08 bits per heavy atom. The van der Waals surface area contributed by atoms with Crippen LogP contribution in [0.4, 0.5) is 13.2 Å². The number of likely N-dealkylation sites (tertiary alicyclic amines) is 1. The molecule has 142 valence electrons. The predicted octanol–water partition coefficient (Wildman–Crippen LogP) is 2.91. The summed E-state index contributed by atoms with van der Waals surface area (Å²) in [4.78, 5) is 26.4. The van der Waals surface area contributed by atoms with E-state index in [-0.39, 0.29) is 5.91 Å². The van der Waals surface area contributed by atoms with Crippen molar-refractivity contribution in [2.24, 2.45) is 11.8 Å². The van der Waals surface area contributed by atoms with Crippen molar-refractivity contribution in [2.45, 2.75) is 32.1 Å². The van der Waals surface area contributed by atoms with Crippen LogP contribution in [-0.4, -0.2) is 42.8 Å². The van der Waals surface area contributed by atoms with Crippen molar-refractivity contribution >= 4 is 11.7 Å². The fourth-order valence-corrected chi connectivity index (χ4v) is 3.82. The zero-order chi connectivity index (χ0) is 18.7. The largest absolute Gasteiger partial charge is 0.343 e. The lowest BCUT2D eigenvalue weighted by Gasteiger charge is -2.31. The minimum atomic E-state index is -1.17. The van der Waals surface area contributed by atoms with Crippen LogP contribution in [0.2, 0.25) is 0 Å². The highest BCUT2D eigenvalue weighted by molar-refractivity contribution is 5.98. The highest BCUT2D eigenvalue weighted by atomic mass is 19.1. The molecule has 1 atom stereocenters. The number of ketones is 1. The zero-order valence-corrected chi connectivity index (χ0v) is 14.6. The van der Waals surface area contributed by atoms with E-state index in [0.717, 1.165) is 25.9 Å². The van der Waals surface area contributed by atoms with Crippen LogP contribution in [0.3, 0.4) is 0 Å². The lowest BCUT2D eigenvalue weighted by Crippen LogP contribution is -2.40. The van der Waals surface area contributed by atoms with E-state index >= 15 is 0 Å². The van der Waals surface area contributed by atoms with Crippen LogP contribution in [0, 0.1) is 29.3 Å². The summed E-state index contributed by atoms with van der Waals surface area (Å²) >= 11 is 0. The van der Waals surface area contributed by atoms with Gasteiger partial charge in [0.05, 0.1) is 5.56 Å². The van der Waals surface area contributed by atoms with Crippen molar-refractivity contribution in [1.82, 2.24) is 10.2 Å². The summed E-state index contributed by atoms with van der Waals surface area (Å²) in [5.41, 5.74) is -0.676. The summed E-state index contributed by atoms with van der Waals surface area (Å²) in [6, 6.07) is 1.04. The van der Waals surface area contributed by atoms with Crippen LogP contribution in [0.25, 0.3) is 0 Å². The monoisotopic (exact) mass is 368 g/mol. The number of carbonyl (C=O) groups excluding carboxylic acids is 2. The molecule has 0 saturated carbocycles. The Bertz CT molecular complexity index is 658. The van der Waals surface area contributed by atoms with Crippen molar-refractivity contribution in [2.75, 3.05) is 26.2 Å². The highest BCUT2D eigenvalue weighted by Gasteiger charge is 2.31. The number of carbonyl (C=O) groups is 2. The average Bonchev–Trinajstić information content (AvgIpc) is 3.12. The van der Waals surface area contributed by atoms with Crippen LogP contribution < -0.4 is 5.32 Å². The first-order valence-electron chi connectivity index (χ1n) is 9.13. The van der Waals surface area contributed by atoms with Gasteiger partial charge in [-0.3, -0.25) is 9.59 Å². The van der Waals surface area contributed by atoms with Crippen molar-refractivity contribution in [1.29, 1.82) is 0 Å². The Hall–Kier alpha value is -1.89. The molecule has 0 spiro atoms. The molecule has 0 aliphatic carbocycles. The number of rotatable bonds is 5. The Balaban J connectivity index is 1.53. The van der Waals surface area contributed by atoms with Gasteiger partial charge in [-0.05, 0) is 44.7 Å². The van der Waals surface area contributed by atoms with E-state index in [1.807, 2.05) is 0 Å². The molecule has 1 aromatic carbocycles. The average molecular weight is 368 g/mol. The number of piperidine rings is 1. The molecule has 1 amide bonds. The van der Waals surface area contributed by atoms with Crippen LogP contribution >= 0.6 is 0 Å². The molecule has 4 nitrogen and oxygen atoms in total. The standard InChI is InChI=1S/C19H23F3N2O2/c20-14-9-15(21)18(16(22)10-14)19(26)13-4-7-24(8-5-13)17(25)2-1-12-3-6-23-11-12/h9-10,12-13,23H,1-8,11H2. The molecule has 1 aromatic rings. The first-order valence-corrected chi connectivity index (χ1v) is 9.13. The van der Waals surface area contributed by atoms with Crippen molar-refractivity contribution in [3.8, 4) is 0 Å². The molecule has 2 aliphatic heterocycles. The predicted molar refractivity (Wildman–Crippen MR) is 90.2 cm³/mol. The summed E-state index contributed by atoms with van der Waals surface area (Å²) in [6.07, 6.45) is 3.18. The number of nitrogens with one attached hydrogen (secondary N) is 1. The number of halogens is 3. The topological polar surface area (TPSA) is 49.4 Å². The molecular weight excluding hydrogens is 345 g/mol. The van der Waals surface area contributed by atoms with Gasteiger partial charge in [-0.25, -0.2) is 13.2 Å². The quantitative estimate of drug-likeness (QED) is 0.813. The summed E-state index contributed by atoms with van der Waals surface area (Å²) in [5, 5.41) is 3.27. The maximum Gasteiger partial charge on any atom is 0.222 e. The molecule has 3 rings (SSSR count). The number of nitrogens with zero attached hydrogens (tertiary/aromatic N) is 1. The van der Waals surface area contributed by atoms with Gasteiger partial charge in [-0.15, -0.1) is 0 Å². The zero-order valence-electron chi connectivity index (χ0n) is 14.6. The summed E-state index contributed by atoms with van der Waals surface area (Å²) < 4.78 is 40.6. The molecule has 0 aromatic heterocycles.